The lowest BCUT2D eigenvalue weighted by molar-refractivity contribution is -0.140. The summed E-state index contributed by atoms with van der Waals surface area (Å²) in [6, 6.07) is 11.2. The number of amides is 1. The van der Waals surface area contributed by atoms with Gasteiger partial charge in [0.25, 0.3) is 5.91 Å². The summed E-state index contributed by atoms with van der Waals surface area (Å²) in [4.78, 5) is 28.4. The third kappa shape index (κ3) is 7.47. The number of methoxy groups -OCH3 is 1. The molecule has 0 radical (unpaired) electrons. The maximum atomic E-state index is 13.4. The molecule has 1 amide bonds. The van der Waals surface area contributed by atoms with Crippen LogP contribution in [0.3, 0.4) is 0 Å². The molecule has 5 atom stereocenters. The number of nitrogens with one attached hydrogen (secondary N) is 1. The molecule has 1 spiro atoms. The predicted molar refractivity (Wildman–Crippen MR) is 189 cm³/mol. The number of benzene rings is 2. The molecule has 0 bridgehead atoms. The molecule has 3 aliphatic rings. The van der Waals surface area contributed by atoms with E-state index in [1.54, 1.807) is 25.1 Å². The van der Waals surface area contributed by atoms with Gasteiger partial charge in [0.05, 0.1) is 17.5 Å². The number of fused-ring (bicyclic) bond motifs is 3. The minimum absolute atomic E-state index is 0.0102. The van der Waals surface area contributed by atoms with Crippen molar-refractivity contribution in [2.75, 3.05) is 44.9 Å². The number of anilines is 1. The Hall–Kier alpha value is -2.92. The Kier molecular flexibility index (Phi) is 11.6. The Morgan fingerprint density at radius 3 is 2.73 bits per heavy atom. The molecular weight excluding hydrogens is 652 g/mol. The van der Waals surface area contributed by atoms with E-state index in [-0.39, 0.29) is 35.8 Å². The Bertz CT molecular complexity index is 1610. The van der Waals surface area contributed by atoms with Gasteiger partial charge < -0.3 is 19.1 Å². The highest BCUT2D eigenvalue weighted by Crippen LogP contribution is 2.48. The van der Waals surface area contributed by atoms with Gasteiger partial charge in [-0.15, -0.1) is 0 Å². The third-order valence-electron chi connectivity index (χ3n) is 10.4. The maximum absolute atomic E-state index is 13.4. The number of carbonyl (C=O) groups is 2. The molecule has 1 saturated carbocycles. The van der Waals surface area contributed by atoms with E-state index in [2.05, 4.69) is 21.8 Å². The van der Waals surface area contributed by atoms with E-state index in [1.165, 1.54) is 18.2 Å². The molecule has 5 rings (SSSR count). The highest BCUT2D eigenvalue weighted by molar-refractivity contribution is 7.90. The Balaban J connectivity index is 1.52. The van der Waals surface area contributed by atoms with Gasteiger partial charge in [-0.05, 0) is 112 Å². The second kappa shape index (κ2) is 15.3. The summed E-state index contributed by atoms with van der Waals surface area (Å²) in [6.45, 7) is 7.89. The Labute approximate surface area is 290 Å². The molecule has 9 nitrogen and oxygen atoms in total. The standard InChI is InChI=1S/C37H49ClN2O7S/c1-5-7-18-37(24-41,47-6-2)32-13-10-29(32)22-40-23-36(17-8-9-27-20-30(38)12-14-31(27)36)25-46-34-15-11-28(21-33(34)40)35(42)39-48(43,44)26(3)16-19-45-4/h7,11-12,14-15,18,20-21,24,26,29,32H,5-6,8-10,13,16-17,19,22-23,25H2,1-4H3,(H,39,42)/b18-7+/t26-,29-,32+,36-,37-/m0/s1. The molecule has 1 fully saturated rings. The first-order valence-corrected chi connectivity index (χ1v) is 19.1. The van der Waals surface area contributed by atoms with E-state index in [0.717, 1.165) is 50.5 Å². The number of aldehydes is 1. The van der Waals surface area contributed by atoms with Crippen LogP contribution in [0.1, 0.15) is 80.8 Å². The monoisotopic (exact) mass is 700 g/mol. The van der Waals surface area contributed by atoms with Crippen LogP contribution in [0.2, 0.25) is 5.02 Å². The molecule has 1 aliphatic heterocycles. The van der Waals surface area contributed by atoms with E-state index < -0.39 is 26.8 Å². The van der Waals surface area contributed by atoms with E-state index in [9.17, 15) is 18.0 Å². The number of nitrogens with zero attached hydrogens (tertiary/aromatic N) is 1. The molecule has 1 N–H and O–H groups in total. The van der Waals surface area contributed by atoms with Gasteiger partial charge in [0, 0.05) is 55.3 Å². The second-order valence-corrected chi connectivity index (χ2v) is 16.0. The number of sulfonamides is 1. The van der Waals surface area contributed by atoms with Gasteiger partial charge in [0.1, 0.15) is 11.4 Å². The van der Waals surface area contributed by atoms with Crippen molar-refractivity contribution in [1.29, 1.82) is 0 Å². The predicted octanol–water partition coefficient (Wildman–Crippen LogP) is 6.26. The quantitative estimate of drug-likeness (QED) is 0.182. The van der Waals surface area contributed by atoms with Crippen LogP contribution in [0.15, 0.2) is 48.6 Å². The topological polar surface area (TPSA) is 111 Å². The number of ether oxygens (including phenoxy) is 3. The molecule has 48 heavy (non-hydrogen) atoms. The zero-order valence-electron chi connectivity index (χ0n) is 28.5. The fourth-order valence-corrected chi connectivity index (χ4v) is 8.82. The molecule has 11 heteroatoms. The molecule has 0 saturated heterocycles. The van der Waals surface area contributed by atoms with Crippen molar-refractivity contribution >= 4 is 39.5 Å². The van der Waals surface area contributed by atoms with Crippen molar-refractivity contribution in [2.45, 2.75) is 82.0 Å². The highest BCUT2D eigenvalue weighted by atomic mass is 35.5. The number of hydrogen-bond acceptors (Lipinski definition) is 8. The van der Waals surface area contributed by atoms with Gasteiger partial charge >= 0.3 is 0 Å². The zero-order valence-corrected chi connectivity index (χ0v) is 30.1. The molecule has 1 heterocycles. The smallest absolute Gasteiger partial charge is 0.264 e. The van der Waals surface area contributed by atoms with E-state index in [0.29, 0.717) is 37.1 Å². The SMILES string of the molecule is CC/C=C/[C@@](C=O)(OCC)[C@@H]1CC[C@H]1CN1C[C@@]2(CCCc3cc(Cl)ccc32)COc2ccc(C(=O)NS(=O)(=O)[C@@H](C)CCOC)cc21. The summed E-state index contributed by atoms with van der Waals surface area (Å²) in [5.41, 5.74) is 2.07. The average Bonchev–Trinajstić information content (AvgIpc) is 3.20. The molecule has 2 aromatic carbocycles. The lowest BCUT2D eigenvalue weighted by atomic mass is 9.64. The fourth-order valence-electron chi connectivity index (χ4n) is 7.64. The van der Waals surface area contributed by atoms with Gasteiger partial charge in [0.15, 0.2) is 6.29 Å². The summed E-state index contributed by atoms with van der Waals surface area (Å²) in [6.07, 6.45) is 10.6. The fraction of sp³-hybridized carbons (Fsp3) is 0.568. The molecule has 262 valence electrons. The van der Waals surface area contributed by atoms with Crippen molar-refractivity contribution in [3.05, 3.63) is 70.3 Å². The van der Waals surface area contributed by atoms with Crippen molar-refractivity contribution in [3.63, 3.8) is 0 Å². The molecular formula is C37H49ClN2O7S. The van der Waals surface area contributed by atoms with Gasteiger partial charge in [-0.25, -0.2) is 13.1 Å². The lowest BCUT2D eigenvalue weighted by Gasteiger charge is -2.49. The molecule has 0 aromatic heterocycles. The van der Waals surface area contributed by atoms with Crippen LogP contribution < -0.4 is 14.4 Å². The molecule has 0 unspecified atom stereocenters. The second-order valence-electron chi connectivity index (χ2n) is 13.5. The third-order valence-corrected chi connectivity index (χ3v) is 12.4. The average molecular weight is 701 g/mol. The van der Waals surface area contributed by atoms with Crippen molar-refractivity contribution in [3.8, 4) is 5.75 Å². The maximum Gasteiger partial charge on any atom is 0.264 e. The van der Waals surface area contributed by atoms with Crippen molar-refractivity contribution in [2.24, 2.45) is 11.8 Å². The number of halogens is 1. The normalized spacial score (nSPS) is 24.1. The van der Waals surface area contributed by atoms with Crippen LogP contribution in [-0.2, 0) is 36.1 Å². The van der Waals surface area contributed by atoms with Gasteiger partial charge in [0.2, 0.25) is 10.0 Å². The van der Waals surface area contributed by atoms with Crippen LogP contribution in [-0.4, -0.2) is 71.5 Å². The van der Waals surface area contributed by atoms with Crippen LogP contribution in [0.5, 0.6) is 5.75 Å². The summed E-state index contributed by atoms with van der Waals surface area (Å²) in [7, 11) is -2.41. The summed E-state index contributed by atoms with van der Waals surface area (Å²) in [5, 5.41) is -0.0938. The van der Waals surface area contributed by atoms with Crippen molar-refractivity contribution in [1.82, 2.24) is 4.72 Å². The van der Waals surface area contributed by atoms with Crippen LogP contribution >= 0.6 is 11.6 Å². The van der Waals surface area contributed by atoms with Gasteiger partial charge in [-0.3, -0.25) is 9.59 Å². The first-order valence-electron chi connectivity index (χ1n) is 17.1. The van der Waals surface area contributed by atoms with E-state index in [1.807, 2.05) is 32.1 Å². The van der Waals surface area contributed by atoms with Crippen molar-refractivity contribution < 1.29 is 32.2 Å². The van der Waals surface area contributed by atoms with Crippen LogP contribution in [0.25, 0.3) is 0 Å². The molecule has 2 aromatic rings. The van der Waals surface area contributed by atoms with E-state index in [4.69, 9.17) is 25.8 Å². The van der Waals surface area contributed by atoms with Gasteiger partial charge in [-0.1, -0.05) is 30.7 Å². The number of aryl methyl sites for hydroxylation is 1. The number of hydrogen-bond donors (Lipinski definition) is 1. The number of rotatable bonds is 14. The molecule has 2 aliphatic carbocycles. The van der Waals surface area contributed by atoms with Crippen LogP contribution in [0.4, 0.5) is 5.69 Å². The Morgan fingerprint density at radius 1 is 1.23 bits per heavy atom. The highest BCUT2D eigenvalue weighted by Gasteiger charge is 2.49. The number of carbonyl (C=O) groups excluding carboxylic acids is 2. The van der Waals surface area contributed by atoms with Gasteiger partial charge in [-0.2, -0.15) is 0 Å². The lowest BCUT2D eigenvalue weighted by Crippen LogP contribution is -2.54. The summed E-state index contributed by atoms with van der Waals surface area (Å²) < 4.78 is 46.0. The van der Waals surface area contributed by atoms with E-state index >= 15 is 0 Å². The first-order chi connectivity index (χ1) is 23.0. The van der Waals surface area contributed by atoms with Crippen LogP contribution in [0, 0.1) is 11.8 Å². The first kappa shape index (κ1) is 36.4. The summed E-state index contributed by atoms with van der Waals surface area (Å²) >= 11 is 6.43. The number of allylic oxidation sites excluding steroid dienone is 1. The summed E-state index contributed by atoms with van der Waals surface area (Å²) in [5.74, 6) is 0.0678. The minimum Gasteiger partial charge on any atom is -0.490 e. The largest absolute Gasteiger partial charge is 0.490 e. The Morgan fingerprint density at radius 2 is 2.04 bits per heavy atom. The zero-order chi connectivity index (χ0) is 34.5. The minimum atomic E-state index is -3.92.